The summed E-state index contributed by atoms with van der Waals surface area (Å²) in [6, 6.07) is 17.4. The van der Waals surface area contributed by atoms with Gasteiger partial charge in [-0.2, -0.15) is 0 Å². The van der Waals surface area contributed by atoms with Crippen molar-refractivity contribution in [3.8, 4) is 16.9 Å². The van der Waals surface area contributed by atoms with Crippen LogP contribution in [-0.4, -0.2) is 35.8 Å². The fourth-order valence-corrected chi connectivity index (χ4v) is 5.60. The SMILES string of the molecule is CCOC(=O)c1c(-c2ccccc2)csc1NC(=O)C(C)Sc1cc(C)c2cccc(OC)c2n1. The van der Waals surface area contributed by atoms with Crippen LogP contribution in [0.1, 0.15) is 29.8 Å². The average molecular weight is 507 g/mol. The molecule has 1 amide bonds. The van der Waals surface area contributed by atoms with Crippen LogP contribution >= 0.6 is 23.1 Å². The number of carbonyl (C=O) groups is 2. The Morgan fingerprint density at radius 3 is 2.63 bits per heavy atom. The summed E-state index contributed by atoms with van der Waals surface area (Å²) in [7, 11) is 1.62. The molecule has 2 aromatic heterocycles. The summed E-state index contributed by atoms with van der Waals surface area (Å²) in [5.41, 5.74) is 3.82. The molecule has 0 aliphatic carbocycles. The second-order valence-corrected chi connectivity index (χ2v) is 10.1. The molecule has 4 rings (SSSR count). The minimum absolute atomic E-state index is 0.221. The van der Waals surface area contributed by atoms with Crippen molar-refractivity contribution < 1.29 is 19.1 Å². The van der Waals surface area contributed by atoms with Crippen LogP contribution in [0.2, 0.25) is 0 Å². The number of anilines is 1. The summed E-state index contributed by atoms with van der Waals surface area (Å²) in [4.78, 5) is 30.7. The van der Waals surface area contributed by atoms with Crippen molar-refractivity contribution in [3.05, 3.63) is 71.1 Å². The lowest BCUT2D eigenvalue weighted by Crippen LogP contribution is -2.23. The second kappa shape index (κ2) is 10.9. The molecule has 4 aromatic rings. The zero-order valence-electron chi connectivity index (χ0n) is 20.0. The molecule has 1 unspecified atom stereocenters. The average Bonchev–Trinajstić information content (AvgIpc) is 3.28. The highest BCUT2D eigenvalue weighted by molar-refractivity contribution is 8.00. The number of thiophene rings is 1. The first-order chi connectivity index (χ1) is 16.9. The number of aryl methyl sites for hydroxylation is 1. The Hall–Kier alpha value is -3.36. The molecule has 2 aromatic carbocycles. The minimum Gasteiger partial charge on any atom is -0.494 e. The molecule has 0 aliphatic heterocycles. The Labute approximate surface area is 212 Å². The Morgan fingerprint density at radius 2 is 1.91 bits per heavy atom. The van der Waals surface area contributed by atoms with Crippen molar-refractivity contribution in [2.45, 2.75) is 31.0 Å². The number of aromatic nitrogens is 1. The van der Waals surface area contributed by atoms with Gasteiger partial charge in [-0.3, -0.25) is 4.79 Å². The van der Waals surface area contributed by atoms with E-state index in [1.807, 2.05) is 73.8 Å². The number of amides is 1. The van der Waals surface area contributed by atoms with Gasteiger partial charge in [0.05, 0.1) is 24.0 Å². The standard InChI is InChI=1S/C27H26N2O4S2/c1-5-33-27(31)23-20(18-10-7-6-8-11-18)15-34-26(23)29-25(30)17(3)35-22-14-16(2)19-12-9-13-21(32-4)24(19)28-22/h6-15,17H,5H2,1-4H3,(H,29,30). The summed E-state index contributed by atoms with van der Waals surface area (Å²) < 4.78 is 10.8. The maximum atomic E-state index is 13.1. The predicted molar refractivity (Wildman–Crippen MR) is 143 cm³/mol. The number of fused-ring (bicyclic) bond motifs is 1. The minimum atomic E-state index is -0.456. The van der Waals surface area contributed by atoms with Crippen molar-refractivity contribution >= 4 is 50.9 Å². The highest BCUT2D eigenvalue weighted by atomic mass is 32.2. The van der Waals surface area contributed by atoms with Crippen LogP contribution in [-0.2, 0) is 9.53 Å². The van der Waals surface area contributed by atoms with E-state index in [-0.39, 0.29) is 12.5 Å². The van der Waals surface area contributed by atoms with Gasteiger partial charge in [-0.1, -0.05) is 54.2 Å². The van der Waals surface area contributed by atoms with Gasteiger partial charge in [0.1, 0.15) is 21.8 Å². The zero-order valence-corrected chi connectivity index (χ0v) is 21.6. The smallest absolute Gasteiger partial charge is 0.341 e. The number of nitrogens with one attached hydrogen (secondary N) is 1. The molecule has 0 saturated heterocycles. The van der Waals surface area contributed by atoms with Gasteiger partial charge in [0.15, 0.2) is 0 Å². The van der Waals surface area contributed by atoms with Crippen LogP contribution in [0.4, 0.5) is 5.00 Å². The number of ether oxygens (including phenoxy) is 2. The molecule has 1 atom stereocenters. The lowest BCUT2D eigenvalue weighted by molar-refractivity contribution is -0.115. The number of para-hydroxylation sites is 1. The largest absolute Gasteiger partial charge is 0.494 e. The quantitative estimate of drug-likeness (QED) is 0.215. The molecule has 0 spiro atoms. The molecule has 180 valence electrons. The molecule has 0 bridgehead atoms. The Bertz CT molecular complexity index is 1370. The van der Waals surface area contributed by atoms with E-state index < -0.39 is 11.2 Å². The van der Waals surface area contributed by atoms with Gasteiger partial charge in [0, 0.05) is 16.3 Å². The van der Waals surface area contributed by atoms with Crippen LogP contribution in [0, 0.1) is 6.92 Å². The highest BCUT2D eigenvalue weighted by Crippen LogP contribution is 2.37. The maximum Gasteiger partial charge on any atom is 0.341 e. The molecule has 0 fully saturated rings. The third-order valence-electron chi connectivity index (χ3n) is 5.46. The number of nitrogens with zero attached hydrogens (tertiary/aromatic N) is 1. The van der Waals surface area contributed by atoms with Crippen molar-refractivity contribution in [1.29, 1.82) is 0 Å². The van der Waals surface area contributed by atoms with Gasteiger partial charge >= 0.3 is 5.97 Å². The van der Waals surface area contributed by atoms with Crippen molar-refractivity contribution in [2.75, 3.05) is 19.0 Å². The Kier molecular flexibility index (Phi) is 7.73. The summed E-state index contributed by atoms with van der Waals surface area (Å²) in [6.45, 7) is 5.84. The predicted octanol–water partition coefficient (Wildman–Crippen LogP) is 6.58. The van der Waals surface area contributed by atoms with E-state index in [4.69, 9.17) is 14.5 Å². The van der Waals surface area contributed by atoms with E-state index >= 15 is 0 Å². The number of hydrogen-bond acceptors (Lipinski definition) is 7. The van der Waals surface area contributed by atoms with Crippen LogP contribution in [0.25, 0.3) is 22.0 Å². The third kappa shape index (κ3) is 5.33. The molecule has 0 radical (unpaired) electrons. The third-order valence-corrected chi connectivity index (χ3v) is 7.38. The van der Waals surface area contributed by atoms with Gasteiger partial charge in [-0.25, -0.2) is 9.78 Å². The maximum absolute atomic E-state index is 13.1. The first-order valence-electron chi connectivity index (χ1n) is 11.2. The lowest BCUT2D eigenvalue weighted by Gasteiger charge is -2.14. The molecule has 8 heteroatoms. The van der Waals surface area contributed by atoms with E-state index in [2.05, 4.69) is 5.32 Å². The van der Waals surface area contributed by atoms with Crippen LogP contribution in [0.15, 0.2) is 65.0 Å². The summed E-state index contributed by atoms with van der Waals surface area (Å²) >= 11 is 2.67. The fraction of sp³-hybridized carbons (Fsp3) is 0.222. The van der Waals surface area contributed by atoms with Crippen molar-refractivity contribution in [1.82, 2.24) is 4.98 Å². The number of hydrogen-bond donors (Lipinski definition) is 1. The number of thioether (sulfide) groups is 1. The van der Waals surface area contributed by atoms with Gasteiger partial charge in [-0.05, 0) is 44.0 Å². The molecule has 6 nitrogen and oxygen atoms in total. The molecule has 0 saturated carbocycles. The van der Waals surface area contributed by atoms with Gasteiger partial charge in [-0.15, -0.1) is 11.3 Å². The fourth-order valence-electron chi connectivity index (χ4n) is 3.72. The zero-order chi connectivity index (χ0) is 24.9. The number of benzene rings is 2. The Balaban J connectivity index is 1.58. The second-order valence-electron chi connectivity index (χ2n) is 7.82. The normalized spacial score (nSPS) is 11.8. The van der Waals surface area contributed by atoms with Crippen LogP contribution < -0.4 is 10.1 Å². The van der Waals surface area contributed by atoms with E-state index in [0.29, 0.717) is 16.3 Å². The molecule has 2 heterocycles. The van der Waals surface area contributed by atoms with Gasteiger partial charge in [0.2, 0.25) is 5.91 Å². The van der Waals surface area contributed by atoms with Gasteiger partial charge in [0.25, 0.3) is 0 Å². The highest BCUT2D eigenvalue weighted by Gasteiger charge is 2.25. The van der Waals surface area contributed by atoms with E-state index in [9.17, 15) is 9.59 Å². The lowest BCUT2D eigenvalue weighted by atomic mass is 10.0. The van der Waals surface area contributed by atoms with Crippen molar-refractivity contribution in [2.24, 2.45) is 0 Å². The van der Waals surface area contributed by atoms with E-state index in [1.54, 1.807) is 14.0 Å². The number of carbonyl (C=O) groups excluding carboxylic acids is 2. The number of methoxy groups -OCH3 is 1. The number of esters is 1. The molecule has 1 N–H and O–H groups in total. The van der Waals surface area contributed by atoms with Gasteiger partial charge < -0.3 is 14.8 Å². The van der Waals surface area contributed by atoms with E-state index in [1.165, 1.54) is 23.1 Å². The molecular weight excluding hydrogens is 480 g/mol. The molecular formula is C27H26N2O4S2. The molecule has 35 heavy (non-hydrogen) atoms. The van der Waals surface area contributed by atoms with Crippen molar-refractivity contribution in [3.63, 3.8) is 0 Å². The summed E-state index contributed by atoms with van der Waals surface area (Å²) in [5.74, 6) is 0.0139. The first-order valence-corrected chi connectivity index (χ1v) is 12.9. The number of rotatable bonds is 8. The first kappa shape index (κ1) is 24.8. The number of pyridine rings is 1. The summed E-state index contributed by atoms with van der Waals surface area (Å²) in [5, 5.41) is 6.57. The topological polar surface area (TPSA) is 77.5 Å². The van der Waals surface area contributed by atoms with Crippen LogP contribution in [0.3, 0.4) is 0 Å². The summed E-state index contributed by atoms with van der Waals surface area (Å²) in [6.07, 6.45) is 0. The van der Waals surface area contributed by atoms with Crippen LogP contribution in [0.5, 0.6) is 5.75 Å². The Morgan fingerprint density at radius 1 is 1.14 bits per heavy atom. The van der Waals surface area contributed by atoms with E-state index in [0.717, 1.165) is 32.6 Å². The monoisotopic (exact) mass is 506 g/mol. The molecule has 0 aliphatic rings.